The average molecular weight is 479 g/mol. The summed E-state index contributed by atoms with van der Waals surface area (Å²) in [6.45, 7) is 4.13. The van der Waals surface area contributed by atoms with Crippen molar-refractivity contribution < 1.29 is 28.8 Å². The Balaban J connectivity index is 2.08. The van der Waals surface area contributed by atoms with Gasteiger partial charge in [-0.05, 0) is 25.7 Å². The van der Waals surface area contributed by atoms with Crippen LogP contribution < -0.4 is 21.3 Å². The third-order valence-corrected chi connectivity index (χ3v) is 7.02. The average Bonchev–Trinajstić information content (AvgIpc) is 2.77. The molecule has 0 aromatic rings. The molecule has 190 valence electrons. The van der Waals surface area contributed by atoms with Crippen molar-refractivity contribution in [2.24, 2.45) is 10.8 Å². The SMILES string of the molecule is CCCCCCC1(CCCCC2(CCCCCC)C(=O)NC(=O)NC2=O)C(=O)NC(=O)NC1=O. The van der Waals surface area contributed by atoms with Crippen molar-refractivity contribution in [1.82, 2.24) is 21.3 Å². The van der Waals surface area contributed by atoms with Gasteiger partial charge in [0.05, 0.1) is 0 Å². The highest BCUT2D eigenvalue weighted by atomic mass is 16.2. The molecule has 0 aliphatic carbocycles. The molecule has 2 saturated heterocycles. The van der Waals surface area contributed by atoms with Gasteiger partial charge in [-0.1, -0.05) is 78.1 Å². The molecule has 0 bridgehead atoms. The predicted octanol–water partition coefficient (Wildman–Crippen LogP) is 3.19. The Bertz CT molecular complexity index is 703. The van der Waals surface area contributed by atoms with Gasteiger partial charge in [-0.2, -0.15) is 0 Å². The summed E-state index contributed by atoms with van der Waals surface area (Å²) in [7, 11) is 0. The number of carbonyl (C=O) groups excluding carboxylic acids is 6. The molecule has 0 radical (unpaired) electrons. The van der Waals surface area contributed by atoms with E-state index in [0.717, 1.165) is 38.5 Å². The van der Waals surface area contributed by atoms with Crippen LogP contribution in [-0.4, -0.2) is 35.7 Å². The Morgan fingerprint density at radius 3 is 0.971 bits per heavy atom. The molecule has 0 spiro atoms. The minimum absolute atomic E-state index is 0.207. The highest BCUT2D eigenvalue weighted by Crippen LogP contribution is 2.38. The van der Waals surface area contributed by atoms with Crippen molar-refractivity contribution in [3.8, 4) is 0 Å². The van der Waals surface area contributed by atoms with Gasteiger partial charge >= 0.3 is 12.1 Å². The van der Waals surface area contributed by atoms with E-state index in [4.69, 9.17) is 0 Å². The molecule has 0 aromatic carbocycles. The summed E-state index contributed by atoms with van der Waals surface area (Å²) < 4.78 is 0. The van der Waals surface area contributed by atoms with E-state index in [-0.39, 0.29) is 12.8 Å². The zero-order chi connectivity index (χ0) is 25.2. The van der Waals surface area contributed by atoms with Crippen LogP contribution in [0.15, 0.2) is 0 Å². The number of urea groups is 2. The van der Waals surface area contributed by atoms with Crippen LogP contribution in [0, 0.1) is 10.8 Å². The largest absolute Gasteiger partial charge is 0.328 e. The fourth-order valence-electron chi connectivity index (χ4n) is 4.88. The van der Waals surface area contributed by atoms with E-state index in [1.54, 1.807) is 0 Å². The lowest BCUT2D eigenvalue weighted by Gasteiger charge is -2.36. The van der Waals surface area contributed by atoms with Crippen molar-refractivity contribution >= 4 is 35.7 Å². The smallest absolute Gasteiger partial charge is 0.277 e. The van der Waals surface area contributed by atoms with Crippen molar-refractivity contribution in [2.75, 3.05) is 0 Å². The Hall–Kier alpha value is -2.78. The lowest BCUT2D eigenvalue weighted by molar-refractivity contribution is -0.148. The maximum Gasteiger partial charge on any atom is 0.328 e. The second kappa shape index (κ2) is 12.6. The van der Waals surface area contributed by atoms with Crippen LogP contribution in [0.25, 0.3) is 0 Å². The van der Waals surface area contributed by atoms with Crippen LogP contribution in [0.4, 0.5) is 9.59 Å². The molecule has 2 rings (SSSR count). The maximum absolute atomic E-state index is 12.7. The van der Waals surface area contributed by atoms with Crippen LogP contribution in [0.5, 0.6) is 0 Å². The number of unbranched alkanes of at least 4 members (excludes halogenated alkanes) is 7. The molecule has 34 heavy (non-hydrogen) atoms. The normalized spacial score (nSPS) is 19.4. The standard InChI is InChI=1S/C24H38N4O6/c1-3-5-7-9-13-23(17(29)25-21(33)26-18(23)30)15-11-12-16-24(14-10-8-6-4-2)19(31)27-22(34)28-20(24)32/h3-16H2,1-2H3,(H2,25,26,29,30,33)(H2,27,28,31,32,34). The lowest BCUT2D eigenvalue weighted by Crippen LogP contribution is -2.62. The topological polar surface area (TPSA) is 151 Å². The fourth-order valence-corrected chi connectivity index (χ4v) is 4.88. The Morgan fingerprint density at radius 2 is 0.706 bits per heavy atom. The summed E-state index contributed by atoms with van der Waals surface area (Å²) in [4.78, 5) is 74.2. The number of carbonyl (C=O) groups is 6. The van der Waals surface area contributed by atoms with Crippen molar-refractivity contribution in [1.29, 1.82) is 0 Å². The summed E-state index contributed by atoms with van der Waals surface area (Å²) >= 11 is 0. The quantitative estimate of drug-likeness (QED) is 0.210. The van der Waals surface area contributed by atoms with E-state index in [1.165, 1.54) is 0 Å². The molecular weight excluding hydrogens is 440 g/mol. The van der Waals surface area contributed by atoms with Gasteiger partial charge in [0.25, 0.3) is 0 Å². The van der Waals surface area contributed by atoms with Crippen LogP contribution in [0.2, 0.25) is 0 Å². The number of imide groups is 4. The van der Waals surface area contributed by atoms with Gasteiger partial charge in [-0.25, -0.2) is 9.59 Å². The van der Waals surface area contributed by atoms with Crippen LogP contribution in [0.3, 0.4) is 0 Å². The molecule has 2 aliphatic rings. The van der Waals surface area contributed by atoms with Gasteiger partial charge in [0, 0.05) is 0 Å². The molecule has 10 heteroatoms. The molecule has 2 aliphatic heterocycles. The molecule has 2 fully saturated rings. The second-order valence-corrected chi connectivity index (χ2v) is 9.47. The first-order chi connectivity index (χ1) is 16.2. The van der Waals surface area contributed by atoms with Gasteiger partial charge in [0.2, 0.25) is 23.6 Å². The summed E-state index contributed by atoms with van der Waals surface area (Å²) in [6.07, 6.45) is 9.00. The Kier molecular flexibility index (Phi) is 10.2. The van der Waals surface area contributed by atoms with Crippen LogP contribution >= 0.6 is 0 Å². The van der Waals surface area contributed by atoms with Crippen molar-refractivity contribution in [3.63, 3.8) is 0 Å². The third-order valence-electron chi connectivity index (χ3n) is 7.02. The van der Waals surface area contributed by atoms with E-state index in [9.17, 15) is 28.8 Å². The fraction of sp³-hybridized carbons (Fsp3) is 0.750. The number of barbiturate groups is 2. The number of hydrogen-bond acceptors (Lipinski definition) is 6. The third kappa shape index (κ3) is 6.42. The monoisotopic (exact) mass is 478 g/mol. The molecule has 0 unspecified atom stereocenters. The summed E-state index contributed by atoms with van der Waals surface area (Å²) in [5.41, 5.74) is -2.69. The maximum atomic E-state index is 12.7. The first-order valence-electron chi connectivity index (χ1n) is 12.6. The first-order valence-corrected chi connectivity index (χ1v) is 12.6. The van der Waals surface area contributed by atoms with E-state index >= 15 is 0 Å². The minimum Gasteiger partial charge on any atom is -0.277 e. The highest BCUT2D eigenvalue weighted by molar-refractivity contribution is 6.19. The van der Waals surface area contributed by atoms with Crippen molar-refractivity contribution in [2.45, 2.75) is 104 Å². The molecule has 0 aromatic heterocycles. The molecule has 8 amide bonds. The van der Waals surface area contributed by atoms with Gasteiger partial charge in [-0.15, -0.1) is 0 Å². The lowest BCUT2D eigenvalue weighted by atomic mass is 9.72. The molecular formula is C24H38N4O6. The second-order valence-electron chi connectivity index (χ2n) is 9.47. The summed E-state index contributed by atoms with van der Waals surface area (Å²) in [6, 6.07) is -1.63. The van der Waals surface area contributed by atoms with E-state index < -0.39 is 46.5 Å². The van der Waals surface area contributed by atoms with Crippen LogP contribution in [-0.2, 0) is 19.2 Å². The first kappa shape index (κ1) is 27.5. The highest BCUT2D eigenvalue weighted by Gasteiger charge is 2.51. The van der Waals surface area contributed by atoms with Gasteiger partial charge in [0.15, 0.2) is 0 Å². The number of rotatable bonds is 15. The summed E-state index contributed by atoms with van der Waals surface area (Å²) in [5, 5.41) is 8.89. The zero-order valence-corrected chi connectivity index (χ0v) is 20.3. The van der Waals surface area contributed by atoms with Gasteiger partial charge < -0.3 is 0 Å². The molecule has 0 saturated carbocycles. The number of amides is 8. The van der Waals surface area contributed by atoms with Gasteiger partial charge in [-0.3, -0.25) is 40.4 Å². The zero-order valence-electron chi connectivity index (χ0n) is 20.3. The summed E-state index contributed by atoms with van der Waals surface area (Å²) in [5.74, 6) is -2.37. The van der Waals surface area contributed by atoms with E-state index in [0.29, 0.717) is 38.5 Å². The Morgan fingerprint density at radius 1 is 0.441 bits per heavy atom. The minimum atomic E-state index is -1.34. The molecule has 4 N–H and O–H groups in total. The molecule has 2 heterocycles. The number of hydrogen-bond donors (Lipinski definition) is 4. The molecule has 10 nitrogen and oxygen atoms in total. The predicted molar refractivity (Wildman–Crippen MR) is 124 cm³/mol. The van der Waals surface area contributed by atoms with E-state index in [2.05, 4.69) is 35.1 Å². The molecule has 0 atom stereocenters. The van der Waals surface area contributed by atoms with Crippen LogP contribution in [0.1, 0.15) is 104 Å². The number of nitrogens with one attached hydrogen (secondary N) is 4. The Labute approximate surface area is 200 Å². The van der Waals surface area contributed by atoms with Gasteiger partial charge in [0.1, 0.15) is 10.8 Å². The van der Waals surface area contributed by atoms with E-state index in [1.807, 2.05) is 0 Å². The van der Waals surface area contributed by atoms with Crippen molar-refractivity contribution in [3.05, 3.63) is 0 Å².